The van der Waals surface area contributed by atoms with Crippen LogP contribution in [0.3, 0.4) is 0 Å². The predicted octanol–water partition coefficient (Wildman–Crippen LogP) is 15.7. The van der Waals surface area contributed by atoms with Gasteiger partial charge >= 0.3 is 0 Å². The van der Waals surface area contributed by atoms with E-state index in [9.17, 15) is 13.0 Å². The molecule has 3 nitrogen and oxygen atoms in total. The van der Waals surface area contributed by atoms with E-state index in [1.54, 1.807) is 6.07 Å². The number of aryl methyl sites for hydroxylation is 2. The van der Waals surface area contributed by atoms with Gasteiger partial charge in [0.1, 0.15) is 4.90 Å². The summed E-state index contributed by atoms with van der Waals surface area (Å²) in [5.41, 5.74) is 2.18. The SMILES string of the molecule is CCCCCCCCCCCCCCCCCCc1cc(S(=O)(=O)O)c2cc(CCCCCCCCCCCCCCCCCC)ccc2c1. The lowest BCUT2D eigenvalue weighted by Gasteiger charge is -2.11. The Kier molecular flexibility index (Phi) is 27.0. The molecule has 2 rings (SSSR count). The van der Waals surface area contributed by atoms with E-state index >= 15 is 0 Å². The first-order valence-electron chi connectivity index (χ1n) is 22.0. The van der Waals surface area contributed by atoms with Gasteiger partial charge in [-0.3, -0.25) is 4.55 Å². The number of fused-ring (bicyclic) bond motifs is 1. The Bertz CT molecular complexity index is 1190. The Labute approximate surface area is 311 Å². The van der Waals surface area contributed by atoms with Crippen molar-refractivity contribution in [3.63, 3.8) is 0 Å². The highest BCUT2D eigenvalue weighted by Crippen LogP contribution is 2.28. The number of hydrogen-bond donors (Lipinski definition) is 1. The molecule has 0 radical (unpaired) electrons. The highest BCUT2D eigenvalue weighted by Gasteiger charge is 2.16. The number of hydrogen-bond acceptors (Lipinski definition) is 2. The highest BCUT2D eigenvalue weighted by atomic mass is 32.2. The van der Waals surface area contributed by atoms with Gasteiger partial charge < -0.3 is 0 Å². The van der Waals surface area contributed by atoms with Crippen LogP contribution in [-0.2, 0) is 23.0 Å². The van der Waals surface area contributed by atoms with Crippen LogP contribution < -0.4 is 0 Å². The maximum absolute atomic E-state index is 12.4. The zero-order valence-corrected chi connectivity index (χ0v) is 33.9. The zero-order chi connectivity index (χ0) is 36.0. The average molecular weight is 713 g/mol. The highest BCUT2D eigenvalue weighted by molar-refractivity contribution is 7.86. The Morgan fingerprint density at radius 3 is 1.06 bits per heavy atom. The van der Waals surface area contributed by atoms with E-state index in [0.29, 0.717) is 5.39 Å². The predicted molar refractivity (Wildman–Crippen MR) is 220 cm³/mol. The van der Waals surface area contributed by atoms with Crippen molar-refractivity contribution in [2.24, 2.45) is 0 Å². The van der Waals surface area contributed by atoms with Crippen molar-refractivity contribution in [1.82, 2.24) is 0 Å². The lowest BCUT2D eigenvalue weighted by Crippen LogP contribution is -2.02. The molecule has 0 fully saturated rings. The van der Waals surface area contributed by atoms with E-state index in [0.717, 1.165) is 36.6 Å². The Hall–Kier alpha value is -1.39. The fourth-order valence-corrected chi connectivity index (χ4v) is 8.45. The lowest BCUT2D eigenvalue weighted by molar-refractivity contribution is 0.484. The van der Waals surface area contributed by atoms with Crippen LogP contribution in [0.2, 0.25) is 0 Å². The van der Waals surface area contributed by atoms with Crippen molar-refractivity contribution in [1.29, 1.82) is 0 Å². The van der Waals surface area contributed by atoms with Crippen LogP contribution in [0.5, 0.6) is 0 Å². The molecule has 288 valence electrons. The summed E-state index contributed by atoms with van der Waals surface area (Å²) in [6.45, 7) is 4.57. The van der Waals surface area contributed by atoms with Crippen LogP contribution in [0, 0.1) is 0 Å². The summed E-state index contributed by atoms with van der Waals surface area (Å²) in [6, 6.07) is 10.1. The van der Waals surface area contributed by atoms with Crippen molar-refractivity contribution in [3.8, 4) is 0 Å². The fourth-order valence-electron chi connectivity index (χ4n) is 7.70. The Morgan fingerprint density at radius 1 is 0.400 bits per heavy atom. The van der Waals surface area contributed by atoms with Crippen molar-refractivity contribution in [2.75, 3.05) is 0 Å². The maximum atomic E-state index is 12.4. The molecule has 2 aromatic carbocycles. The van der Waals surface area contributed by atoms with E-state index in [-0.39, 0.29) is 4.90 Å². The topological polar surface area (TPSA) is 54.4 Å². The molecular weight excluding hydrogens is 633 g/mol. The Morgan fingerprint density at radius 2 is 0.720 bits per heavy atom. The minimum atomic E-state index is -4.28. The summed E-state index contributed by atoms with van der Waals surface area (Å²) in [7, 11) is -4.28. The third-order valence-electron chi connectivity index (χ3n) is 11.0. The summed E-state index contributed by atoms with van der Waals surface area (Å²) in [5, 5.41) is 1.58. The molecule has 2 aromatic rings. The summed E-state index contributed by atoms with van der Waals surface area (Å²) < 4.78 is 34.9. The second-order valence-electron chi connectivity index (χ2n) is 15.7. The van der Waals surface area contributed by atoms with Gasteiger partial charge in [0.2, 0.25) is 0 Å². The largest absolute Gasteiger partial charge is 0.295 e. The quantitative estimate of drug-likeness (QED) is 0.0572. The molecule has 0 unspecified atom stereocenters. The number of benzene rings is 2. The molecule has 0 atom stereocenters. The van der Waals surface area contributed by atoms with Gasteiger partial charge in [-0.2, -0.15) is 8.42 Å². The molecule has 0 aromatic heterocycles. The molecule has 0 bridgehead atoms. The fraction of sp³-hybridized carbons (Fsp3) is 0.783. The monoisotopic (exact) mass is 713 g/mol. The molecule has 0 spiro atoms. The molecule has 4 heteroatoms. The first-order chi connectivity index (χ1) is 24.5. The Balaban J connectivity index is 1.57. The molecule has 0 saturated carbocycles. The average Bonchev–Trinajstić information content (AvgIpc) is 3.10. The van der Waals surface area contributed by atoms with Gasteiger partial charge in [0.25, 0.3) is 10.1 Å². The van der Waals surface area contributed by atoms with Gasteiger partial charge in [0.05, 0.1) is 0 Å². The molecule has 0 aliphatic rings. The van der Waals surface area contributed by atoms with Crippen LogP contribution in [-0.4, -0.2) is 13.0 Å². The second kappa shape index (κ2) is 30.1. The third-order valence-corrected chi connectivity index (χ3v) is 11.9. The van der Waals surface area contributed by atoms with E-state index in [1.807, 2.05) is 6.07 Å². The molecule has 0 saturated heterocycles. The van der Waals surface area contributed by atoms with Crippen LogP contribution in [0.4, 0.5) is 0 Å². The first kappa shape index (κ1) is 44.8. The molecule has 0 amide bonds. The van der Waals surface area contributed by atoms with E-state index in [4.69, 9.17) is 0 Å². The van der Waals surface area contributed by atoms with Gasteiger partial charge in [-0.25, -0.2) is 0 Å². The molecule has 0 aliphatic heterocycles. The van der Waals surface area contributed by atoms with Crippen LogP contribution >= 0.6 is 0 Å². The minimum Gasteiger partial charge on any atom is -0.282 e. The van der Waals surface area contributed by atoms with E-state index < -0.39 is 10.1 Å². The van der Waals surface area contributed by atoms with E-state index in [1.165, 1.54) is 198 Å². The van der Waals surface area contributed by atoms with E-state index in [2.05, 4.69) is 32.0 Å². The first-order valence-corrected chi connectivity index (χ1v) is 23.4. The van der Waals surface area contributed by atoms with Crippen molar-refractivity contribution < 1.29 is 13.0 Å². The lowest BCUT2D eigenvalue weighted by atomic mass is 9.98. The van der Waals surface area contributed by atoms with Gasteiger partial charge in [0.15, 0.2) is 0 Å². The van der Waals surface area contributed by atoms with Gasteiger partial charge in [0, 0.05) is 5.39 Å². The second-order valence-corrected chi connectivity index (χ2v) is 17.1. The standard InChI is InChI=1S/C46H80O3S/c1-3-5-7-9-11-13-15-17-19-21-23-25-27-29-31-33-35-42-37-38-44-39-43(41-46(45(44)40-42)50(47,48)49)36-34-32-30-28-26-24-22-20-18-16-14-12-10-8-6-4-2/h37-41H,3-36H2,1-2H3,(H,47,48,49). The van der Waals surface area contributed by atoms with Crippen LogP contribution in [0.25, 0.3) is 10.8 Å². The summed E-state index contributed by atoms with van der Waals surface area (Å²) in [6.07, 6.45) is 45.1. The normalized spacial score (nSPS) is 12.0. The van der Waals surface area contributed by atoms with Crippen molar-refractivity contribution in [3.05, 3.63) is 41.5 Å². The third kappa shape index (κ3) is 22.5. The molecular formula is C46H80O3S. The smallest absolute Gasteiger partial charge is 0.282 e. The number of rotatable bonds is 35. The van der Waals surface area contributed by atoms with Gasteiger partial charge in [-0.1, -0.05) is 225 Å². The van der Waals surface area contributed by atoms with Crippen LogP contribution in [0.15, 0.2) is 35.2 Å². The maximum Gasteiger partial charge on any atom is 0.295 e. The van der Waals surface area contributed by atoms with Gasteiger partial charge in [-0.15, -0.1) is 0 Å². The van der Waals surface area contributed by atoms with Crippen molar-refractivity contribution in [2.45, 2.75) is 237 Å². The zero-order valence-electron chi connectivity index (χ0n) is 33.1. The summed E-state index contributed by atoms with van der Waals surface area (Å²) in [5.74, 6) is 0. The molecule has 0 heterocycles. The molecule has 1 N–H and O–H groups in total. The molecule has 0 aliphatic carbocycles. The van der Waals surface area contributed by atoms with Gasteiger partial charge in [-0.05, 0) is 54.3 Å². The molecule has 50 heavy (non-hydrogen) atoms. The summed E-state index contributed by atoms with van der Waals surface area (Å²) >= 11 is 0. The van der Waals surface area contributed by atoms with Crippen LogP contribution in [0.1, 0.15) is 230 Å². The van der Waals surface area contributed by atoms with Crippen molar-refractivity contribution >= 4 is 20.9 Å². The number of unbranched alkanes of at least 4 members (excludes halogenated alkanes) is 30. The summed E-state index contributed by atoms with van der Waals surface area (Å²) in [4.78, 5) is 0.0790. The minimum absolute atomic E-state index is 0.0790.